The van der Waals surface area contributed by atoms with Crippen LogP contribution < -0.4 is 10.6 Å². The maximum atomic E-state index is 12.4. The lowest BCUT2D eigenvalue weighted by molar-refractivity contribution is -0.117. The first-order valence-corrected chi connectivity index (χ1v) is 7.50. The molecular weight excluding hydrogens is 306 g/mol. The Bertz CT molecular complexity index is 903. The Balaban J connectivity index is 1.74. The number of nitrogens with two attached hydrogens (primary N) is 1. The summed E-state index contributed by atoms with van der Waals surface area (Å²) in [5.41, 5.74) is 8.56. The molecule has 0 unspecified atom stereocenters. The Hall–Kier alpha value is -3.29. The van der Waals surface area contributed by atoms with Gasteiger partial charge in [0.05, 0.1) is 13.0 Å². The highest BCUT2D eigenvalue weighted by atomic mass is 16.2. The molecule has 0 saturated heterocycles. The summed E-state index contributed by atoms with van der Waals surface area (Å²) < 4.78 is 1.52. The molecule has 24 heavy (non-hydrogen) atoms. The third kappa shape index (κ3) is 2.37. The van der Waals surface area contributed by atoms with Crippen LogP contribution in [0.2, 0.25) is 0 Å². The van der Waals surface area contributed by atoms with Crippen LogP contribution in [0.5, 0.6) is 0 Å². The zero-order chi connectivity index (χ0) is 16.7. The van der Waals surface area contributed by atoms with E-state index in [1.54, 1.807) is 29.6 Å². The second-order valence-electron chi connectivity index (χ2n) is 5.63. The standard InChI is InChI=1S/C16H15N7O/c1-10-3-4-11(8-18-10)9-22-13(24)7-12-14(17)20-16(21-15(12)22)23-6-2-5-19-23/h2-6,8H,7,9H2,1H3,(H2,17,20,21). The predicted octanol–water partition coefficient (Wildman–Crippen LogP) is 1.04. The normalized spacial score (nSPS) is 13.4. The molecule has 0 radical (unpaired) electrons. The third-order valence-electron chi connectivity index (χ3n) is 3.91. The predicted molar refractivity (Wildman–Crippen MR) is 87.4 cm³/mol. The first-order valence-electron chi connectivity index (χ1n) is 7.50. The summed E-state index contributed by atoms with van der Waals surface area (Å²) in [6, 6.07) is 5.64. The number of aromatic nitrogens is 5. The van der Waals surface area contributed by atoms with Gasteiger partial charge in [-0.3, -0.25) is 14.7 Å². The first kappa shape index (κ1) is 14.3. The monoisotopic (exact) mass is 321 g/mol. The molecule has 8 heteroatoms. The number of anilines is 2. The van der Waals surface area contributed by atoms with E-state index >= 15 is 0 Å². The molecule has 0 atom stereocenters. The van der Waals surface area contributed by atoms with Crippen LogP contribution in [0.25, 0.3) is 5.95 Å². The lowest BCUT2D eigenvalue weighted by atomic mass is 10.2. The van der Waals surface area contributed by atoms with Gasteiger partial charge in [0.2, 0.25) is 5.91 Å². The van der Waals surface area contributed by atoms with E-state index in [1.165, 1.54) is 4.68 Å². The smallest absolute Gasteiger partial charge is 0.254 e. The molecule has 0 saturated carbocycles. The van der Waals surface area contributed by atoms with Crippen LogP contribution in [0, 0.1) is 6.92 Å². The number of pyridine rings is 1. The quantitative estimate of drug-likeness (QED) is 0.773. The number of nitrogens with zero attached hydrogens (tertiary/aromatic N) is 6. The lowest BCUT2D eigenvalue weighted by Crippen LogP contribution is -2.27. The highest BCUT2D eigenvalue weighted by Gasteiger charge is 2.32. The van der Waals surface area contributed by atoms with E-state index in [2.05, 4.69) is 20.1 Å². The summed E-state index contributed by atoms with van der Waals surface area (Å²) in [5.74, 6) is 1.14. The zero-order valence-electron chi connectivity index (χ0n) is 13.0. The minimum atomic E-state index is -0.0517. The fraction of sp³-hybridized carbons (Fsp3) is 0.188. The van der Waals surface area contributed by atoms with Crippen molar-refractivity contribution in [3.63, 3.8) is 0 Å². The minimum Gasteiger partial charge on any atom is -0.383 e. The Kier molecular flexibility index (Phi) is 3.23. The SMILES string of the molecule is Cc1ccc(CN2C(=O)Cc3c(N)nc(-n4cccn4)nc32)cn1. The fourth-order valence-corrected chi connectivity index (χ4v) is 2.66. The van der Waals surface area contributed by atoms with E-state index < -0.39 is 0 Å². The van der Waals surface area contributed by atoms with Gasteiger partial charge >= 0.3 is 0 Å². The van der Waals surface area contributed by atoms with Crippen molar-refractivity contribution in [1.29, 1.82) is 0 Å². The average molecular weight is 321 g/mol. The highest BCUT2D eigenvalue weighted by molar-refractivity contribution is 6.01. The van der Waals surface area contributed by atoms with Gasteiger partial charge in [-0.1, -0.05) is 6.07 Å². The number of aryl methyl sites for hydroxylation is 1. The van der Waals surface area contributed by atoms with Gasteiger partial charge in [-0.2, -0.15) is 15.1 Å². The van der Waals surface area contributed by atoms with Crippen molar-refractivity contribution >= 4 is 17.5 Å². The van der Waals surface area contributed by atoms with Crippen LogP contribution in [0.4, 0.5) is 11.6 Å². The molecule has 1 aliphatic heterocycles. The number of carbonyl (C=O) groups excluding carboxylic acids is 1. The molecule has 0 aromatic carbocycles. The van der Waals surface area contributed by atoms with Crippen molar-refractivity contribution in [2.75, 3.05) is 10.6 Å². The maximum Gasteiger partial charge on any atom is 0.254 e. The van der Waals surface area contributed by atoms with Gasteiger partial charge in [-0.15, -0.1) is 0 Å². The summed E-state index contributed by atoms with van der Waals surface area (Å²) in [7, 11) is 0. The molecule has 0 bridgehead atoms. The van der Waals surface area contributed by atoms with Crippen LogP contribution >= 0.6 is 0 Å². The Labute approximate surface area is 138 Å². The molecule has 3 aromatic heterocycles. The Morgan fingerprint density at radius 1 is 1.29 bits per heavy atom. The number of amides is 1. The molecule has 2 N–H and O–H groups in total. The van der Waals surface area contributed by atoms with E-state index in [4.69, 9.17) is 5.73 Å². The van der Waals surface area contributed by atoms with E-state index in [0.717, 1.165) is 11.3 Å². The molecule has 0 fully saturated rings. The molecule has 0 spiro atoms. The largest absolute Gasteiger partial charge is 0.383 e. The topological polar surface area (TPSA) is 103 Å². The van der Waals surface area contributed by atoms with Gasteiger partial charge in [0, 0.05) is 29.8 Å². The third-order valence-corrected chi connectivity index (χ3v) is 3.91. The molecule has 4 rings (SSSR count). The molecule has 1 amide bonds. The maximum absolute atomic E-state index is 12.4. The first-order chi connectivity index (χ1) is 11.6. The summed E-state index contributed by atoms with van der Waals surface area (Å²) >= 11 is 0. The van der Waals surface area contributed by atoms with Gasteiger partial charge < -0.3 is 5.73 Å². The summed E-state index contributed by atoms with van der Waals surface area (Å²) in [4.78, 5) is 27.0. The van der Waals surface area contributed by atoms with Gasteiger partial charge in [-0.05, 0) is 24.6 Å². The van der Waals surface area contributed by atoms with Gasteiger partial charge in [0.25, 0.3) is 5.95 Å². The van der Waals surface area contributed by atoms with Gasteiger partial charge in [0.1, 0.15) is 11.6 Å². The van der Waals surface area contributed by atoms with Crippen molar-refractivity contribution in [3.05, 3.63) is 53.6 Å². The summed E-state index contributed by atoms with van der Waals surface area (Å²) in [6.07, 6.45) is 5.33. The molecule has 1 aliphatic rings. The van der Waals surface area contributed by atoms with Crippen LogP contribution in [0.3, 0.4) is 0 Å². The van der Waals surface area contributed by atoms with E-state index in [9.17, 15) is 4.79 Å². The van der Waals surface area contributed by atoms with Crippen molar-refractivity contribution in [2.24, 2.45) is 0 Å². The van der Waals surface area contributed by atoms with Crippen molar-refractivity contribution < 1.29 is 4.79 Å². The number of nitrogen functional groups attached to an aromatic ring is 1. The van der Waals surface area contributed by atoms with Crippen molar-refractivity contribution in [3.8, 4) is 5.95 Å². The average Bonchev–Trinajstić information content (AvgIpc) is 3.19. The molecule has 120 valence electrons. The highest BCUT2D eigenvalue weighted by Crippen LogP contribution is 2.32. The fourth-order valence-electron chi connectivity index (χ4n) is 2.66. The van der Waals surface area contributed by atoms with E-state index in [0.29, 0.717) is 29.7 Å². The molecule has 8 nitrogen and oxygen atoms in total. The summed E-state index contributed by atoms with van der Waals surface area (Å²) in [5, 5.41) is 4.11. The number of carbonyl (C=O) groups is 1. The lowest BCUT2D eigenvalue weighted by Gasteiger charge is -2.17. The van der Waals surface area contributed by atoms with E-state index in [-0.39, 0.29) is 12.3 Å². The van der Waals surface area contributed by atoms with Gasteiger partial charge in [0.15, 0.2) is 0 Å². The number of hydrogen-bond acceptors (Lipinski definition) is 6. The minimum absolute atomic E-state index is 0.0517. The molecular formula is C16H15N7O. The van der Waals surface area contributed by atoms with Gasteiger partial charge in [-0.25, -0.2) is 4.68 Å². The number of fused-ring (bicyclic) bond motifs is 1. The molecule has 3 aromatic rings. The summed E-state index contributed by atoms with van der Waals surface area (Å²) in [6.45, 7) is 2.32. The van der Waals surface area contributed by atoms with Crippen LogP contribution in [-0.4, -0.2) is 30.6 Å². The van der Waals surface area contributed by atoms with Crippen molar-refractivity contribution in [1.82, 2.24) is 24.7 Å². The van der Waals surface area contributed by atoms with Crippen LogP contribution in [-0.2, 0) is 17.8 Å². The van der Waals surface area contributed by atoms with Crippen LogP contribution in [0.1, 0.15) is 16.8 Å². The van der Waals surface area contributed by atoms with E-state index in [1.807, 2.05) is 19.1 Å². The second-order valence-corrected chi connectivity index (χ2v) is 5.63. The Morgan fingerprint density at radius 2 is 2.17 bits per heavy atom. The number of hydrogen-bond donors (Lipinski definition) is 1. The number of rotatable bonds is 3. The zero-order valence-corrected chi connectivity index (χ0v) is 13.0. The molecule has 0 aliphatic carbocycles. The van der Waals surface area contributed by atoms with Crippen LogP contribution in [0.15, 0.2) is 36.8 Å². The second kappa shape index (κ2) is 5.41. The Morgan fingerprint density at radius 3 is 2.88 bits per heavy atom. The molecule has 4 heterocycles. The van der Waals surface area contributed by atoms with Crippen molar-refractivity contribution in [2.45, 2.75) is 19.9 Å².